The van der Waals surface area contributed by atoms with Crippen molar-refractivity contribution in [3.8, 4) is 0 Å². The fourth-order valence-electron chi connectivity index (χ4n) is 0.826. The summed E-state index contributed by atoms with van der Waals surface area (Å²) in [6.45, 7) is 4.08. The number of aliphatic hydroxyl groups is 4. The van der Waals surface area contributed by atoms with Gasteiger partial charge in [-0.3, -0.25) is 9.59 Å². The SMILES string of the molecule is CC(C)(CO)CO.O=C(O)CCCCC(=O)O.OCCCCO. The smallest absolute Gasteiger partial charge is 0.303 e. The van der Waals surface area contributed by atoms with E-state index in [1.54, 1.807) is 13.8 Å². The van der Waals surface area contributed by atoms with Crippen LogP contribution in [-0.4, -0.2) is 69.0 Å². The fraction of sp³-hybridized carbons (Fsp3) is 0.867. The summed E-state index contributed by atoms with van der Waals surface area (Å²) in [4.78, 5) is 19.8. The van der Waals surface area contributed by atoms with Gasteiger partial charge in [-0.1, -0.05) is 13.8 Å². The second-order valence-corrected chi connectivity index (χ2v) is 5.63. The molecule has 0 aromatic heterocycles. The minimum atomic E-state index is -0.870. The Morgan fingerprint density at radius 1 is 0.696 bits per heavy atom. The number of carboxylic acid groups (broad SMARTS) is 2. The number of rotatable bonds is 10. The summed E-state index contributed by atoms with van der Waals surface area (Å²) in [7, 11) is 0. The Morgan fingerprint density at radius 2 is 1.00 bits per heavy atom. The van der Waals surface area contributed by atoms with E-state index in [-0.39, 0.29) is 44.7 Å². The van der Waals surface area contributed by atoms with Crippen molar-refractivity contribution in [2.75, 3.05) is 26.4 Å². The third-order valence-corrected chi connectivity index (χ3v) is 2.45. The first-order valence-electron chi connectivity index (χ1n) is 7.53. The summed E-state index contributed by atoms with van der Waals surface area (Å²) in [5.41, 5.74) is -0.306. The second kappa shape index (κ2) is 18.8. The van der Waals surface area contributed by atoms with Crippen LogP contribution in [0.2, 0.25) is 0 Å². The van der Waals surface area contributed by atoms with E-state index >= 15 is 0 Å². The summed E-state index contributed by atoms with van der Waals surface area (Å²) in [6.07, 6.45) is 2.46. The molecule has 0 aromatic carbocycles. The van der Waals surface area contributed by atoms with Crippen LogP contribution in [0.25, 0.3) is 0 Å². The minimum absolute atomic E-state index is 0.0451. The number of carboxylic acids is 2. The molecule has 8 heteroatoms. The number of carbonyl (C=O) groups is 2. The van der Waals surface area contributed by atoms with E-state index in [4.69, 9.17) is 30.6 Å². The van der Waals surface area contributed by atoms with Gasteiger partial charge < -0.3 is 30.6 Å². The molecular weight excluding hydrogens is 308 g/mol. The Morgan fingerprint density at radius 3 is 1.13 bits per heavy atom. The monoisotopic (exact) mass is 340 g/mol. The van der Waals surface area contributed by atoms with Gasteiger partial charge in [0.15, 0.2) is 0 Å². The summed E-state index contributed by atoms with van der Waals surface area (Å²) in [5, 5.41) is 49.3. The molecule has 0 spiro atoms. The third-order valence-electron chi connectivity index (χ3n) is 2.45. The zero-order valence-corrected chi connectivity index (χ0v) is 14.1. The van der Waals surface area contributed by atoms with Crippen LogP contribution in [0.5, 0.6) is 0 Å². The van der Waals surface area contributed by atoms with Gasteiger partial charge in [-0.25, -0.2) is 0 Å². The highest BCUT2D eigenvalue weighted by atomic mass is 16.4. The van der Waals surface area contributed by atoms with Crippen LogP contribution in [0, 0.1) is 5.41 Å². The molecule has 0 aromatic rings. The summed E-state index contributed by atoms with van der Waals surface area (Å²) < 4.78 is 0. The zero-order chi connectivity index (χ0) is 18.7. The van der Waals surface area contributed by atoms with E-state index in [1.807, 2.05) is 0 Å². The van der Waals surface area contributed by atoms with Gasteiger partial charge in [0.1, 0.15) is 0 Å². The van der Waals surface area contributed by atoms with E-state index in [9.17, 15) is 9.59 Å². The zero-order valence-electron chi connectivity index (χ0n) is 14.1. The van der Waals surface area contributed by atoms with Crippen molar-refractivity contribution in [2.24, 2.45) is 5.41 Å². The van der Waals surface area contributed by atoms with Gasteiger partial charge >= 0.3 is 11.9 Å². The van der Waals surface area contributed by atoms with Gasteiger partial charge in [0, 0.05) is 31.5 Å². The molecule has 0 radical (unpaired) electrons. The van der Waals surface area contributed by atoms with E-state index in [0.717, 1.165) is 12.8 Å². The maximum absolute atomic E-state index is 9.90. The average molecular weight is 340 g/mol. The van der Waals surface area contributed by atoms with Gasteiger partial charge in [0.25, 0.3) is 0 Å². The van der Waals surface area contributed by atoms with Crippen molar-refractivity contribution in [3.63, 3.8) is 0 Å². The molecule has 0 heterocycles. The number of unbranched alkanes of at least 4 members (excludes halogenated alkanes) is 2. The van der Waals surface area contributed by atoms with Crippen LogP contribution in [0.1, 0.15) is 52.4 Å². The molecule has 140 valence electrons. The van der Waals surface area contributed by atoms with Crippen molar-refractivity contribution >= 4 is 11.9 Å². The van der Waals surface area contributed by atoms with Crippen LogP contribution in [-0.2, 0) is 9.59 Å². The lowest BCUT2D eigenvalue weighted by atomic mass is 9.97. The molecule has 0 saturated heterocycles. The Kier molecular flexibility index (Phi) is 21.8. The molecular formula is C15H32O8. The van der Waals surface area contributed by atoms with Crippen molar-refractivity contribution in [1.29, 1.82) is 0 Å². The molecule has 0 rings (SSSR count). The van der Waals surface area contributed by atoms with Crippen LogP contribution in [0.3, 0.4) is 0 Å². The molecule has 0 aliphatic heterocycles. The Balaban J connectivity index is -0.000000272. The van der Waals surface area contributed by atoms with E-state index < -0.39 is 11.9 Å². The Bertz CT molecular complexity index is 253. The highest BCUT2D eigenvalue weighted by Crippen LogP contribution is 2.10. The topological polar surface area (TPSA) is 156 Å². The van der Waals surface area contributed by atoms with Gasteiger partial charge in [-0.05, 0) is 25.7 Å². The normalized spacial score (nSPS) is 10.0. The maximum atomic E-state index is 9.90. The van der Waals surface area contributed by atoms with E-state index in [0.29, 0.717) is 12.8 Å². The summed E-state index contributed by atoms with van der Waals surface area (Å²) in [6, 6.07) is 0. The predicted octanol–water partition coefficient (Wildman–Crippen LogP) is 0.464. The molecule has 0 atom stereocenters. The molecule has 0 amide bonds. The van der Waals surface area contributed by atoms with Crippen molar-refractivity contribution in [3.05, 3.63) is 0 Å². The molecule has 23 heavy (non-hydrogen) atoms. The first kappa shape index (κ1) is 26.7. The fourth-order valence-corrected chi connectivity index (χ4v) is 0.826. The van der Waals surface area contributed by atoms with Crippen molar-refractivity contribution in [2.45, 2.75) is 52.4 Å². The number of hydrogen-bond acceptors (Lipinski definition) is 6. The van der Waals surface area contributed by atoms with Gasteiger partial charge in [-0.15, -0.1) is 0 Å². The highest BCUT2D eigenvalue weighted by Gasteiger charge is 2.13. The molecule has 0 bridgehead atoms. The lowest BCUT2D eigenvalue weighted by Crippen LogP contribution is -2.20. The molecule has 0 saturated carbocycles. The number of aliphatic carboxylic acids is 2. The van der Waals surface area contributed by atoms with Gasteiger partial charge in [0.05, 0.1) is 13.2 Å². The Hall–Kier alpha value is -1.22. The number of aliphatic hydroxyl groups excluding tert-OH is 4. The summed E-state index contributed by atoms with van der Waals surface area (Å²) >= 11 is 0. The first-order valence-corrected chi connectivity index (χ1v) is 7.53. The largest absolute Gasteiger partial charge is 0.481 e. The van der Waals surface area contributed by atoms with Gasteiger partial charge in [0.2, 0.25) is 0 Å². The molecule has 0 aliphatic rings. The van der Waals surface area contributed by atoms with E-state index in [2.05, 4.69) is 0 Å². The number of hydrogen-bond donors (Lipinski definition) is 6. The van der Waals surface area contributed by atoms with Crippen molar-refractivity contribution < 1.29 is 40.2 Å². The maximum Gasteiger partial charge on any atom is 0.303 e. The molecule has 0 unspecified atom stereocenters. The van der Waals surface area contributed by atoms with Crippen LogP contribution in [0.4, 0.5) is 0 Å². The lowest BCUT2D eigenvalue weighted by Gasteiger charge is -2.16. The minimum Gasteiger partial charge on any atom is -0.481 e. The summed E-state index contributed by atoms with van der Waals surface area (Å²) in [5.74, 6) is -1.74. The van der Waals surface area contributed by atoms with Gasteiger partial charge in [-0.2, -0.15) is 0 Å². The molecule has 0 fully saturated rings. The molecule has 6 N–H and O–H groups in total. The lowest BCUT2D eigenvalue weighted by molar-refractivity contribution is -0.139. The van der Waals surface area contributed by atoms with Crippen molar-refractivity contribution in [1.82, 2.24) is 0 Å². The quantitative estimate of drug-likeness (QED) is 0.313. The first-order chi connectivity index (χ1) is 10.7. The van der Waals surface area contributed by atoms with Crippen LogP contribution in [0.15, 0.2) is 0 Å². The predicted molar refractivity (Wildman–Crippen MR) is 85.1 cm³/mol. The molecule has 0 aliphatic carbocycles. The second-order valence-electron chi connectivity index (χ2n) is 5.63. The third kappa shape index (κ3) is 33.5. The average Bonchev–Trinajstić information content (AvgIpc) is 2.50. The van der Waals surface area contributed by atoms with E-state index in [1.165, 1.54) is 0 Å². The highest BCUT2D eigenvalue weighted by molar-refractivity contribution is 5.67. The van der Waals surface area contributed by atoms with Crippen LogP contribution < -0.4 is 0 Å². The standard InChI is InChI=1S/C6H10O4.C5H12O2.C4H10O2/c7-5(8)3-1-2-4-6(9)10;1-5(2,3-6)4-7;5-3-1-2-4-6/h1-4H2,(H,7,8)(H,9,10);6-7H,3-4H2,1-2H3;5-6H,1-4H2. The molecule has 8 nitrogen and oxygen atoms in total. The Labute approximate surface area is 137 Å². The van der Waals surface area contributed by atoms with Crippen LogP contribution >= 0.6 is 0 Å².